The number of piperidine rings is 1. The summed E-state index contributed by atoms with van der Waals surface area (Å²) in [6.07, 6.45) is 0.242. The highest BCUT2D eigenvalue weighted by atomic mass is 16.5. The third-order valence-electron chi connectivity index (χ3n) is 7.12. The van der Waals surface area contributed by atoms with E-state index in [0.717, 1.165) is 60.2 Å². The molecule has 0 saturated carbocycles. The Balaban J connectivity index is 1.25. The molecule has 2 aliphatic heterocycles. The summed E-state index contributed by atoms with van der Waals surface area (Å²) in [5.41, 5.74) is 9.66. The zero-order valence-corrected chi connectivity index (χ0v) is 21.8. The van der Waals surface area contributed by atoms with Gasteiger partial charge < -0.3 is 40.0 Å². The summed E-state index contributed by atoms with van der Waals surface area (Å²) in [7, 11) is 1.73. The lowest BCUT2D eigenvalue weighted by atomic mass is 9.85. The molecule has 38 heavy (non-hydrogen) atoms. The molecular formula is C30H37N3O5. The van der Waals surface area contributed by atoms with Crippen LogP contribution in [0.15, 0.2) is 66.7 Å². The maximum atomic E-state index is 10.9. The Labute approximate surface area is 224 Å². The summed E-state index contributed by atoms with van der Waals surface area (Å²) < 4.78 is 23.5. The second-order valence-electron chi connectivity index (χ2n) is 9.82. The minimum Gasteiger partial charge on any atom is -0.490 e. The van der Waals surface area contributed by atoms with E-state index in [1.54, 1.807) is 7.11 Å². The van der Waals surface area contributed by atoms with E-state index in [1.165, 1.54) is 0 Å². The van der Waals surface area contributed by atoms with E-state index in [0.29, 0.717) is 32.0 Å². The molecule has 0 bridgehead atoms. The zero-order valence-electron chi connectivity index (χ0n) is 21.8. The summed E-state index contributed by atoms with van der Waals surface area (Å²) in [6, 6.07) is 21.4. The van der Waals surface area contributed by atoms with Crippen molar-refractivity contribution in [3.05, 3.63) is 77.9 Å². The van der Waals surface area contributed by atoms with E-state index in [4.69, 9.17) is 24.7 Å². The number of nitrogens with zero attached hydrogens (tertiary/aromatic N) is 1. The van der Waals surface area contributed by atoms with Crippen molar-refractivity contribution in [3.8, 4) is 17.2 Å². The van der Waals surface area contributed by atoms with E-state index < -0.39 is 6.10 Å². The van der Waals surface area contributed by atoms with Crippen LogP contribution < -0.4 is 25.4 Å². The fourth-order valence-electron chi connectivity index (χ4n) is 5.15. The van der Waals surface area contributed by atoms with Gasteiger partial charge in [0.2, 0.25) is 0 Å². The zero-order chi connectivity index (χ0) is 26.3. The Hall–Kier alpha value is -3.30. The van der Waals surface area contributed by atoms with Crippen LogP contribution in [0.2, 0.25) is 0 Å². The van der Waals surface area contributed by atoms with Crippen LogP contribution in [0, 0.1) is 0 Å². The summed E-state index contributed by atoms with van der Waals surface area (Å²) >= 11 is 0. The third-order valence-corrected chi connectivity index (χ3v) is 7.12. The van der Waals surface area contributed by atoms with Crippen molar-refractivity contribution in [1.29, 1.82) is 0 Å². The van der Waals surface area contributed by atoms with Crippen LogP contribution in [0.5, 0.6) is 17.2 Å². The number of rotatable bonds is 10. The van der Waals surface area contributed by atoms with Crippen LogP contribution in [-0.4, -0.2) is 63.8 Å². The summed E-state index contributed by atoms with van der Waals surface area (Å²) in [6.45, 7) is 4.86. The third kappa shape index (κ3) is 6.39. The maximum absolute atomic E-state index is 10.9. The van der Waals surface area contributed by atoms with E-state index in [1.807, 2.05) is 54.6 Å². The van der Waals surface area contributed by atoms with Crippen LogP contribution in [0.25, 0.3) is 0 Å². The van der Waals surface area contributed by atoms with Gasteiger partial charge >= 0.3 is 0 Å². The number of aliphatic hydroxyl groups is 1. The number of nitrogens with two attached hydrogens (primary N) is 1. The Kier molecular flexibility index (Phi) is 8.65. The van der Waals surface area contributed by atoms with Crippen LogP contribution in [0.1, 0.15) is 23.5 Å². The topological polar surface area (TPSA) is 98.4 Å². The number of benzene rings is 3. The van der Waals surface area contributed by atoms with E-state index >= 15 is 0 Å². The SMILES string of the molecule is COCCCN1CCOc2ccc(CO[C@H]3CNC[C@@H](O)[C@@H]3c3ccc(Oc4ccc(N)cc4)cc3)cc21. The number of nitrogens with one attached hydrogen (secondary N) is 1. The molecule has 2 aliphatic rings. The maximum Gasteiger partial charge on any atom is 0.142 e. The Bertz CT molecular complexity index is 1170. The lowest BCUT2D eigenvalue weighted by Gasteiger charge is -2.36. The smallest absolute Gasteiger partial charge is 0.142 e. The van der Waals surface area contributed by atoms with Gasteiger partial charge in [0.1, 0.15) is 23.9 Å². The van der Waals surface area contributed by atoms with Gasteiger partial charge in [-0.15, -0.1) is 0 Å². The van der Waals surface area contributed by atoms with Gasteiger partial charge in [-0.05, 0) is 66.1 Å². The highest BCUT2D eigenvalue weighted by Crippen LogP contribution is 2.34. The first-order valence-corrected chi connectivity index (χ1v) is 13.2. The number of hydrogen-bond donors (Lipinski definition) is 3. The average Bonchev–Trinajstić information content (AvgIpc) is 2.94. The molecule has 0 amide bonds. The van der Waals surface area contributed by atoms with Gasteiger partial charge in [0.05, 0.1) is 31.0 Å². The van der Waals surface area contributed by atoms with Gasteiger partial charge in [0.15, 0.2) is 0 Å². The summed E-state index contributed by atoms with van der Waals surface area (Å²) in [4.78, 5) is 2.35. The van der Waals surface area contributed by atoms with Crippen molar-refractivity contribution >= 4 is 11.4 Å². The quantitative estimate of drug-likeness (QED) is 0.274. The molecule has 1 fully saturated rings. The predicted octanol–water partition coefficient (Wildman–Crippen LogP) is 3.93. The fourth-order valence-corrected chi connectivity index (χ4v) is 5.15. The molecular weight excluding hydrogens is 482 g/mol. The molecule has 0 spiro atoms. The van der Waals surface area contributed by atoms with Crippen molar-refractivity contribution in [2.75, 3.05) is 57.1 Å². The second kappa shape index (κ2) is 12.5. The minimum absolute atomic E-state index is 0.145. The number of ether oxygens (including phenoxy) is 4. The number of anilines is 2. The number of hydrogen-bond acceptors (Lipinski definition) is 8. The lowest BCUT2D eigenvalue weighted by Crippen LogP contribution is -2.49. The molecule has 0 radical (unpaired) electrons. The molecule has 3 atom stereocenters. The van der Waals surface area contributed by atoms with Crippen molar-refractivity contribution in [1.82, 2.24) is 5.32 Å². The van der Waals surface area contributed by atoms with Crippen LogP contribution in [0.3, 0.4) is 0 Å². The van der Waals surface area contributed by atoms with E-state index in [2.05, 4.69) is 22.3 Å². The van der Waals surface area contributed by atoms with E-state index in [-0.39, 0.29) is 12.0 Å². The molecule has 4 N–H and O–H groups in total. The largest absolute Gasteiger partial charge is 0.490 e. The normalized spacial score (nSPS) is 21.0. The Morgan fingerprint density at radius 1 is 1.03 bits per heavy atom. The number of β-amino-alcohol motifs (C(OH)–C–C–N with tert-alkyl or cyclic N) is 1. The van der Waals surface area contributed by atoms with Crippen molar-refractivity contribution in [2.45, 2.75) is 31.2 Å². The first-order chi connectivity index (χ1) is 18.6. The molecule has 0 aromatic heterocycles. The Morgan fingerprint density at radius 3 is 2.55 bits per heavy atom. The first kappa shape index (κ1) is 26.3. The molecule has 5 rings (SSSR count). The van der Waals surface area contributed by atoms with Crippen LogP contribution in [-0.2, 0) is 16.1 Å². The van der Waals surface area contributed by atoms with Crippen LogP contribution >= 0.6 is 0 Å². The molecule has 3 aromatic carbocycles. The molecule has 8 nitrogen and oxygen atoms in total. The minimum atomic E-state index is -0.550. The molecule has 2 heterocycles. The standard InChI is InChI=1S/C30H37N3O5/c1-35-15-2-13-33-14-16-36-28-12-3-21(17-26(28)33)20-37-29-19-32-18-27(34)30(29)22-4-8-24(9-5-22)38-25-10-6-23(31)7-11-25/h3-12,17,27,29-30,32,34H,2,13-16,18-20,31H2,1H3/t27-,29+,30+/m1/s1. The van der Waals surface area contributed by atoms with Gasteiger partial charge in [-0.3, -0.25) is 0 Å². The highest BCUT2D eigenvalue weighted by Gasteiger charge is 2.34. The average molecular weight is 520 g/mol. The van der Waals surface area contributed by atoms with Gasteiger partial charge in [0, 0.05) is 45.0 Å². The molecule has 0 unspecified atom stereocenters. The molecule has 8 heteroatoms. The van der Waals surface area contributed by atoms with Crippen molar-refractivity contribution in [2.24, 2.45) is 0 Å². The number of methoxy groups -OCH3 is 1. The lowest BCUT2D eigenvalue weighted by molar-refractivity contribution is -0.0328. The summed E-state index contributed by atoms with van der Waals surface area (Å²) in [5, 5.41) is 14.2. The number of nitrogen functional groups attached to an aromatic ring is 1. The van der Waals surface area contributed by atoms with Crippen molar-refractivity contribution < 1.29 is 24.1 Å². The molecule has 0 aliphatic carbocycles. The van der Waals surface area contributed by atoms with Crippen molar-refractivity contribution in [3.63, 3.8) is 0 Å². The molecule has 202 valence electrons. The molecule has 1 saturated heterocycles. The second-order valence-corrected chi connectivity index (χ2v) is 9.82. The molecule has 3 aromatic rings. The monoisotopic (exact) mass is 519 g/mol. The first-order valence-electron chi connectivity index (χ1n) is 13.2. The number of fused-ring (bicyclic) bond motifs is 1. The van der Waals surface area contributed by atoms with Gasteiger partial charge in [-0.2, -0.15) is 0 Å². The van der Waals surface area contributed by atoms with Gasteiger partial charge in [-0.25, -0.2) is 0 Å². The summed E-state index contributed by atoms with van der Waals surface area (Å²) in [5.74, 6) is 2.22. The Morgan fingerprint density at radius 2 is 1.79 bits per heavy atom. The van der Waals surface area contributed by atoms with E-state index in [9.17, 15) is 5.11 Å². The highest BCUT2D eigenvalue weighted by molar-refractivity contribution is 5.61. The number of aliphatic hydroxyl groups excluding tert-OH is 1. The fraction of sp³-hybridized carbons (Fsp3) is 0.400. The van der Waals surface area contributed by atoms with Crippen LogP contribution in [0.4, 0.5) is 11.4 Å². The van der Waals surface area contributed by atoms with Gasteiger partial charge in [-0.1, -0.05) is 18.2 Å². The van der Waals surface area contributed by atoms with Gasteiger partial charge in [0.25, 0.3) is 0 Å². The predicted molar refractivity (Wildman–Crippen MR) is 148 cm³/mol.